The summed E-state index contributed by atoms with van der Waals surface area (Å²) in [4.78, 5) is 15.9. The number of fused-ring (bicyclic) bond motifs is 2. The van der Waals surface area contributed by atoms with Gasteiger partial charge in [0.2, 0.25) is 0 Å². The Hall–Kier alpha value is -2.88. The van der Waals surface area contributed by atoms with Crippen molar-refractivity contribution in [2.45, 2.75) is 6.42 Å². The lowest BCUT2D eigenvalue weighted by Crippen LogP contribution is -2.00. The standard InChI is InChI=1S/C18H13NO3/c20-18(21)15-9-13(8-12-5-6-22-17(12)15)14-7-11-3-1-2-4-16(11)19-10-14/h1-4,7-10H,5-6H2,(H,20,21). The van der Waals surface area contributed by atoms with Crippen molar-refractivity contribution < 1.29 is 14.6 Å². The van der Waals surface area contributed by atoms with E-state index in [0.29, 0.717) is 12.4 Å². The zero-order valence-corrected chi connectivity index (χ0v) is 11.7. The molecule has 0 aliphatic carbocycles. The highest BCUT2D eigenvalue weighted by atomic mass is 16.5. The van der Waals surface area contributed by atoms with Crippen molar-refractivity contribution in [2.24, 2.45) is 0 Å². The Balaban J connectivity index is 1.91. The van der Waals surface area contributed by atoms with Crippen molar-refractivity contribution in [3.63, 3.8) is 0 Å². The highest BCUT2D eigenvalue weighted by molar-refractivity contribution is 5.94. The summed E-state index contributed by atoms with van der Waals surface area (Å²) in [6.45, 7) is 0.537. The number of carboxylic acids is 1. The molecule has 4 rings (SSSR count). The Kier molecular flexibility index (Phi) is 2.82. The number of ether oxygens (including phenoxy) is 1. The van der Waals surface area contributed by atoms with Gasteiger partial charge in [-0.1, -0.05) is 18.2 Å². The van der Waals surface area contributed by atoms with Gasteiger partial charge in [-0.25, -0.2) is 4.79 Å². The summed E-state index contributed by atoms with van der Waals surface area (Å²) in [7, 11) is 0. The van der Waals surface area contributed by atoms with Gasteiger partial charge in [0.1, 0.15) is 11.3 Å². The number of hydrogen-bond donors (Lipinski definition) is 1. The third-order valence-corrected chi connectivity index (χ3v) is 3.94. The maximum absolute atomic E-state index is 11.5. The molecule has 0 radical (unpaired) electrons. The van der Waals surface area contributed by atoms with E-state index < -0.39 is 5.97 Å². The van der Waals surface area contributed by atoms with Crippen LogP contribution in [-0.2, 0) is 6.42 Å². The first-order valence-electron chi connectivity index (χ1n) is 7.10. The van der Waals surface area contributed by atoms with Crippen LogP contribution in [0.5, 0.6) is 5.75 Å². The molecule has 0 saturated heterocycles. The van der Waals surface area contributed by atoms with E-state index in [4.69, 9.17) is 4.74 Å². The van der Waals surface area contributed by atoms with Crippen LogP contribution in [-0.4, -0.2) is 22.7 Å². The first kappa shape index (κ1) is 12.8. The van der Waals surface area contributed by atoms with Gasteiger partial charge in [0.25, 0.3) is 0 Å². The summed E-state index contributed by atoms with van der Waals surface area (Å²) in [5, 5.41) is 10.4. The van der Waals surface area contributed by atoms with Gasteiger partial charge in [-0.2, -0.15) is 0 Å². The normalized spacial score (nSPS) is 12.9. The Morgan fingerprint density at radius 2 is 2.00 bits per heavy atom. The minimum Gasteiger partial charge on any atom is -0.492 e. The number of rotatable bonds is 2. The minimum absolute atomic E-state index is 0.221. The van der Waals surface area contributed by atoms with E-state index in [1.54, 1.807) is 12.3 Å². The van der Waals surface area contributed by atoms with E-state index in [2.05, 4.69) is 4.98 Å². The number of pyridine rings is 1. The lowest BCUT2D eigenvalue weighted by molar-refractivity contribution is 0.0693. The van der Waals surface area contributed by atoms with Crippen LogP contribution in [0.2, 0.25) is 0 Å². The van der Waals surface area contributed by atoms with Crippen LogP contribution in [0.15, 0.2) is 48.7 Å². The molecule has 4 nitrogen and oxygen atoms in total. The predicted octanol–water partition coefficient (Wildman–Crippen LogP) is 3.53. The van der Waals surface area contributed by atoms with Gasteiger partial charge in [-0.05, 0) is 35.4 Å². The third-order valence-electron chi connectivity index (χ3n) is 3.94. The van der Waals surface area contributed by atoms with Crippen molar-refractivity contribution in [1.82, 2.24) is 4.98 Å². The molecule has 0 bridgehead atoms. The fourth-order valence-corrected chi connectivity index (χ4v) is 2.86. The van der Waals surface area contributed by atoms with E-state index in [0.717, 1.165) is 34.0 Å². The molecule has 1 N–H and O–H groups in total. The molecule has 0 spiro atoms. The van der Waals surface area contributed by atoms with Crippen LogP contribution >= 0.6 is 0 Å². The summed E-state index contributed by atoms with van der Waals surface area (Å²) in [6, 6.07) is 13.6. The third kappa shape index (κ3) is 2.00. The fraction of sp³-hybridized carbons (Fsp3) is 0.111. The molecule has 2 aromatic carbocycles. The van der Waals surface area contributed by atoms with Gasteiger partial charge in [0, 0.05) is 23.6 Å². The number of carbonyl (C=O) groups is 1. The molecule has 1 aliphatic heterocycles. The monoisotopic (exact) mass is 291 g/mol. The molecule has 22 heavy (non-hydrogen) atoms. The Labute approximate surface area is 127 Å². The Morgan fingerprint density at radius 3 is 2.86 bits per heavy atom. The zero-order valence-electron chi connectivity index (χ0n) is 11.7. The molecular weight excluding hydrogens is 278 g/mol. The molecule has 0 amide bonds. The van der Waals surface area contributed by atoms with Crippen LogP contribution in [0.4, 0.5) is 0 Å². The highest BCUT2D eigenvalue weighted by Crippen LogP contribution is 2.35. The van der Waals surface area contributed by atoms with Gasteiger partial charge < -0.3 is 9.84 Å². The van der Waals surface area contributed by atoms with Crippen molar-refractivity contribution in [3.8, 4) is 16.9 Å². The molecule has 0 saturated carbocycles. The van der Waals surface area contributed by atoms with E-state index in [9.17, 15) is 9.90 Å². The zero-order chi connectivity index (χ0) is 15.1. The fourth-order valence-electron chi connectivity index (χ4n) is 2.86. The largest absolute Gasteiger partial charge is 0.492 e. The molecule has 0 fully saturated rings. The molecule has 1 aromatic heterocycles. The second kappa shape index (κ2) is 4.84. The minimum atomic E-state index is -0.964. The number of aromatic nitrogens is 1. The van der Waals surface area contributed by atoms with Crippen LogP contribution in [0.3, 0.4) is 0 Å². The number of hydrogen-bond acceptors (Lipinski definition) is 3. The maximum atomic E-state index is 11.5. The lowest BCUT2D eigenvalue weighted by Gasteiger charge is -2.09. The second-order valence-electron chi connectivity index (χ2n) is 5.33. The molecule has 0 unspecified atom stereocenters. The number of aromatic carboxylic acids is 1. The maximum Gasteiger partial charge on any atom is 0.339 e. The quantitative estimate of drug-likeness (QED) is 0.784. The number of para-hydroxylation sites is 1. The average Bonchev–Trinajstić information content (AvgIpc) is 3.01. The summed E-state index contributed by atoms with van der Waals surface area (Å²) >= 11 is 0. The molecule has 0 atom stereocenters. The number of benzene rings is 2. The molecule has 108 valence electrons. The van der Waals surface area contributed by atoms with Crippen molar-refractivity contribution in [2.75, 3.05) is 6.61 Å². The van der Waals surface area contributed by atoms with Gasteiger partial charge in [-0.15, -0.1) is 0 Å². The average molecular weight is 291 g/mol. The summed E-state index contributed by atoms with van der Waals surface area (Å²) in [5.41, 5.74) is 3.87. The van der Waals surface area contributed by atoms with Gasteiger partial charge >= 0.3 is 5.97 Å². The number of nitrogens with zero attached hydrogens (tertiary/aromatic N) is 1. The van der Waals surface area contributed by atoms with E-state index in [1.807, 2.05) is 36.4 Å². The van der Waals surface area contributed by atoms with Gasteiger partial charge in [0.05, 0.1) is 12.1 Å². The molecule has 3 aromatic rings. The lowest BCUT2D eigenvalue weighted by atomic mass is 9.98. The van der Waals surface area contributed by atoms with E-state index in [-0.39, 0.29) is 5.56 Å². The van der Waals surface area contributed by atoms with Crippen molar-refractivity contribution in [3.05, 3.63) is 59.8 Å². The first-order valence-corrected chi connectivity index (χ1v) is 7.10. The predicted molar refractivity (Wildman–Crippen MR) is 83.3 cm³/mol. The topological polar surface area (TPSA) is 59.4 Å². The van der Waals surface area contributed by atoms with Crippen LogP contribution in [0, 0.1) is 0 Å². The molecular formula is C18H13NO3. The summed E-state index contributed by atoms with van der Waals surface area (Å²) in [6.07, 6.45) is 2.52. The Bertz CT molecular complexity index is 902. The van der Waals surface area contributed by atoms with Crippen molar-refractivity contribution >= 4 is 16.9 Å². The summed E-state index contributed by atoms with van der Waals surface area (Å²) < 4.78 is 5.46. The Morgan fingerprint density at radius 1 is 1.14 bits per heavy atom. The molecule has 4 heteroatoms. The van der Waals surface area contributed by atoms with Crippen LogP contribution < -0.4 is 4.74 Å². The van der Waals surface area contributed by atoms with Crippen LogP contribution in [0.25, 0.3) is 22.0 Å². The highest BCUT2D eigenvalue weighted by Gasteiger charge is 2.22. The summed E-state index contributed by atoms with van der Waals surface area (Å²) in [5.74, 6) is -0.459. The SMILES string of the molecule is O=C(O)c1cc(-c2cnc3ccccc3c2)cc2c1OCC2. The smallest absolute Gasteiger partial charge is 0.339 e. The van der Waals surface area contributed by atoms with Crippen LogP contribution in [0.1, 0.15) is 15.9 Å². The van der Waals surface area contributed by atoms with Gasteiger partial charge in [0.15, 0.2) is 0 Å². The van der Waals surface area contributed by atoms with Gasteiger partial charge in [-0.3, -0.25) is 4.98 Å². The van der Waals surface area contributed by atoms with E-state index >= 15 is 0 Å². The van der Waals surface area contributed by atoms with Crippen molar-refractivity contribution in [1.29, 1.82) is 0 Å². The first-order chi connectivity index (χ1) is 10.7. The molecule has 2 heterocycles. The number of carboxylic acid groups (broad SMARTS) is 1. The van der Waals surface area contributed by atoms with E-state index in [1.165, 1.54) is 0 Å². The molecule has 1 aliphatic rings. The second-order valence-corrected chi connectivity index (χ2v) is 5.33.